The lowest BCUT2D eigenvalue weighted by Crippen LogP contribution is -2.23. The molecule has 1 amide bonds. The molecule has 0 atom stereocenters. The van der Waals surface area contributed by atoms with Crippen molar-refractivity contribution in [3.05, 3.63) is 88.6 Å². The van der Waals surface area contributed by atoms with Crippen LogP contribution in [-0.2, 0) is 20.9 Å². The minimum absolute atomic E-state index is 0.0198. The second-order valence-electron chi connectivity index (χ2n) is 7.56. The van der Waals surface area contributed by atoms with Crippen molar-refractivity contribution in [1.29, 1.82) is 0 Å². The van der Waals surface area contributed by atoms with Crippen LogP contribution in [-0.4, -0.2) is 21.8 Å². The highest BCUT2D eigenvalue weighted by atomic mass is 32.1. The van der Waals surface area contributed by atoms with Gasteiger partial charge in [-0.15, -0.1) is 11.3 Å². The number of rotatable bonds is 6. The summed E-state index contributed by atoms with van der Waals surface area (Å²) in [5.74, 6) is -0.608. The van der Waals surface area contributed by atoms with Gasteiger partial charge in [-0.25, -0.2) is 9.78 Å². The van der Waals surface area contributed by atoms with E-state index in [1.807, 2.05) is 62.4 Å². The number of carbonyl (C=O) groups is 2. The van der Waals surface area contributed by atoms with E-state index in [0.717, 1.165) is 33.3 Å². The van der Waals surface area contributed by atoms with E-state index in [4.69, 9.17) is 4.74 Å². The van der Waals surface area contributed by atoms with Crippen LogP contribution >= 0.6 is 11.3 Å². The van der Waals surface area contributed by atoms with E-state index < -0.39 is 5.97 Å². The second kappa shape index (κ2) is 9.75. The maximum absolute atomic E-state index is 12.4. The number of aromatic nitrogens is 2. The molecule has 2 heterocycles. The highest BCUT2D eigenvalue weighted by Crippen LogP contribution is 2.32. The molecule has 0 N–H and O–H groups in total. The Hall–Kier alpha value is -3.84. The fraction of sp³-hybridized carbons (Fsp3) is 0.154. The molecule has 7 heteroatoms. The van der Waals surface area contributed by atoms with E-state index in [1.165, 1.54) is 24.3 Å². The summed E-state index contributed by atoms with van der Waals surface area (Å²) in [6.07, 6.45) is 4.80. The Labute approximate surface area is 196 Å². The van der Waals surface area contributed by atoms with Gasteiger partial charge in [0.1, 0.15) is 6.61 Å². The number of para-hydroxylation sites is 1. The number of hydrogen-bond acceptors (Lipinski definition) is 6. The van der Waals surface area contributed by atoms with E-state index in [0.29, 0.717) is 10.8 Å². The van der Waals surface area contributed by atoms with Crippen molar-refractivity contribution >= 4 is 51.0 Å². The lowest BCUT2D eigenvalue weighted by Gasteiger charge is -2.21. The molecule has 0 unspecified atom stereocenters. The van der Waals surface area contributed by atoms with Gasteiger partial charge < -0.3 is 4.74 Å². The molecule has 6 nitrogen and oxygen atoms in total. The Bertz CT molecular complexity index is 1350. The first-order valence-electron chi connectivity index (χ1n) is 10.4. The quantitative estimate of drug-likeness (QED) is 0.272. The largest absolute Gasteiger partial charge is 0.456 e. The van der Waals surface area contributed by atoms with Crippen molar-refractivity contribution in [3.63, 3.8) is 0 Å². The molecule has 2 aromatic carbocycles. The van der Waals surface area contributed by atoms with Gasteiger partial charge in [-0.05, 0) is 43.2 Å². The number of anilines is 2. The van der Waals surface area contributed by atoms with E-state index >= 15 is 0 Å². The third-order valence-corrected chi connectivity index (χ3v) is 6.16. The molecule has 166 valence electrons. The number of thiazole rings is 1. The number of nitrogens with zero attached hydrogens (tertiary/aromatic N) is 3. The number of aryl methyl sites for hydroxylation is 1. The molecule has 0 aliphatic heterocycles. The third-order valence-electron chi connectivity index (χ3n) is 5.29. The highest BCUT2D eigenvalue weighted by Gasteiger charge is 2.20. The van der Waals surface area contributed by atoms with Crippen molar-refractivity contribution in [2.75, 3.05) is 4.90 Å². The number of pyridine rings is 1. The molecule has 2 aromatic heterocycles. The Morgan fingerprint density at radius 1 is 1.09 bits per heavy atom. The molecule has 0 saturated heterocycles. The van der Waals surface area contributed by atoms with E-state index in [2.05, 4.69) is 9.97 Å². The number of hydrogen-bond donors (Lipinski definition) is 0. The Morgan fingerprint density at radius 2 is 1.88 bits per heavy atom. The van der Waals surface area contributed by atoms with Crippen LogP contribution in [0.25, 0.3) is 17.0 Å². The minimum Gasteiger partial charge on any atom is -0.456 e. The number of carbonyl (C=O) groups excluding carboxylic acids is 2. The molecule has 0 aliphatic rings. The molecule has 0 saturated carbocycles. The van der Waals surface area contributed by atoms with Gasteiger partial charge >= 0.3 is 5.97 Å². The predicted octanol–water partition coefficient (Wildman–Crippen LogP) is 5.75. The summed E-state index contributed by atoms with van der Waals surface area (Å²) in [7, 11) is 0. The van der Waals surface area contributed by atoms with Crippen molar-refractivity contribution in [1.82, 2.24) is 9.97 Å². The molecule has 0 spiro atoms. The normalized spacial score (nSPS) is 11.1. The topological polar surface area (TPSA) is 72.4 Å². The average Bonchev–Trinajstić information content (AvgIpc) is 3.27. The van der Waals surface area contributed by atoms with Gasteiger partial charge in [-0.2, -0.15) is 0 Å². The maximum atomic E-state index is 12.4. The fourth-order valence-electron chi connectivity index (χ4n) is 3.46. The van der Waals surface area contributed by atoms with E-state index in [9.17, 15) is 9.59 Å². The van der Waals surface area contributed by atoms with Gasteiger partial charge in [0.2, 0.25) is 5.91 Å². The SMILES string of the molecule is CC(=O)N(c1nc(COC(=O)/C=C/c2cccc3cccnc23)cs1)c1cccc(C)c1C. The first-order chi connectivity index (χ1) is 15.9. The summed E-state index contributed by atoms with van der Waals surface area (Å²) in [4.78, 5) is 35.1. The van der Waals surface area contributed by atoms with Crippen LogP contribution in [0.4, 0.5) is 10.8 Å². The van der Waals surface area contributed by atoms with Crippen molar-refractivity contribution in [3.8, 4) is 0 Å². The summed E-state index contributed by atoms with van der Waals surface area (Å²) >= 11 is 1.34. The first-order valence-corrected chi connectivity index (χ1v) is 11.3. The smallest absolute Gasteiger partial charge is 0.331 e. The van der Waals surface area contributed by atoms with Crippen LogP contribution in [0.1, 0.15) is 29.3 Å². The van der Waals surface area contributed by atoms with Crippen molar-refractivity contribution in [2.45, 2.75) is 27.4 Å². The van der Waals surface area contributed by atoms with Crippen LogP contribution in [0.3, 0.4) is 0 Å². The molecule has 4 rings (SSSR count). The fourth-order valence-corrected chi connectivity index (χ4v) is 4.33. The van der Waals surface area contributed by atoms with Crippen LogP contribution in [0, 0.1) is 13.8 Å². The summed E-state index contributed by atoms with van der Waals surface area (Å²) < 4.78 is 5.36. The second-order valence-corrected chi connectivity index (χ2v) is 8.39. The van der Waals surface area contributed by atoms with Gasteiger partial charge in [0.25, 0.3) is 0 Å². The summed E-state index contributed by atoms with van der Waals surface area (Å²) in [6, 6.07) is 15.5. The maximum Gasteiger partial charge on any atom is 0.331 e. The molecular formula is C26H23N3O3S. The number of esters is 1. The molecule has 4 aromatic rings. The van der Waals surface area contributed by atoms with Gasteiger partial charge in [0, 0.05) is 35.5 Å². The third kappa shape index (κ3) is 4.99. The zero-order chi connectivity index (χ0) is 23.4. The Balaban J connectivity index is 1.45. The van der Waals surface area contributed by atoms with Gasteiger partial charge in [-0.3, -0.25) is 14.7 Å². The predicted molar refractivity (Wildman–Crippen MR) is 131 cm³/mol. The van der Waals surface area contributed by atoms with E-state index in [-0.39, 0.29) is 12.5 Å². The number of benzene rings is 2. The summed E-state index contributed by atoms with van der Waals surface area (Å²) in [5.41, 5.74) is 5.16. The van der Waals surface area contributed by atoms with E-state index in [1.54, 1.807) is 22.6 Å². The minimum atomic E-state index is -0.476. The lowest BCUT2D eigenvalue weighted by molar-refractivity contribution is -0.139. The molecule has 33 heavy (non-hydrogen) atoms. The van der Waals surface area contributed by atoms with Crippen molar-refractivity contribution < 1.29 is 14.3 Å². The molecule has 0 radical (unpaired) electrons. The molecule has 0 fully saturated rings. The Morgan fingerprint density at radius 3 is 2.70 bits per heavy atom. The van der Waals surface area contributed by atoms with Gasteiger partial charge in [-0.1, -0.05) is 36.4 Å². The summed E-state index contributed by atoms with van der Waals surface area (Å²) in [5, 5.41) is 3.34. The monoisotopic (exact) mass is 457 g/mol. The molecule has 0 bridgehead atoms. The zero-order valence-electron chi connectivity index (χ0n) is 18.6. The number of amides is 1. The van der Waals surface area contributed by atoms with Crippen LogP contribution in [0.15, 0.2) is 66.2 Å². The van der Waals surface area contributed by atoms with Gasteiger partial charge in [0.15, 0.2) is 5.13 Å². The number of ether oxygens (including phenoxy) is 1. The van der Waals surface area contributed by atoms with Crippen molar-refractivity contribution in [2.24, 2.45) is 0 Å². The molecular weight excluding hydrogens is 434 g/mol. The van der Waals surface area contributed by atoms with Crippen LogP contribution in [0.2, 0.25) is 0 Å². The average molecular weight is 458 g/mol. The van der Waals surface area contributed by atoms with Gasteiger partial charge in [0.05, 0.1) is 16.9 Å². The first kappa shape index (κ1) is 22.4. The summed E-state index contributed by atoms with van der Waals surface area (Å²) in [6.45, 7) is 5.52. The Kier molecular flexibility index (Phi) is 6.60. The lowest BCUT2D eigenvalue weighted by atomic mass is 10.1. The van der Waals surface area contributed by atoms with Crippen LogP contribution < -0.4 is 4.90 Å². The highest BCUT2D eigenvalue weighted by molar-refractivity contribution is 7.14. The molecule has 0 aliphatic carbocycles. The number of fused-ring (bicyclic) bond motifs is 1. The zero-order valence-corrected chi connectivity index (χ0v) is 19.4. The van der Waals surface area contributed by atoms with Crippen LogP contribution in [0.5, 0.6) is 0 Å². The standard InChI is InChI=1S/C26H23N3O3S/c1-17-7-4-11-23(18(17)2)29(19(3)30)26-28-22(16-33-26)15-32-24(31)13-12-21-9-5-8-20-10-6-14-27-25(20)21/h4-14,16H,15H2,1-3H3/b13-12+.